The molecule has 1 aliphatic heterocycles. The molecule has 3 rings (SSSR count). The highest BCUT2D eigenvalue weighted by Gasteiger charge is 2.43. The van der Waals surface area contributed by atoms with Crippen molar-refractivity contribution >= 4 is 11.9 Å². The van der Waals surface area contributed by atoms with E-state index in [1.165, 1.54) is 11.1 Å². The average Bonchev–Trinajstić information content (AvgIpc) is 2.90. The van der Waals surface area contributed by atoms with E-state index in [9.17, 15) is 14.7 Å². The first kappa shape index (κ1) is 14.1. The molecular formula is C17H21NO3. The van der Waals surface area contributed by atoms with Gasteiger partial charge >= 0.3 is 5.97 Å². The SMILES string of the molecule is CC1(C(=O)O)CCN(C(=O)C2CCc3ccccc3C2)C1. The van der Waals surface area contributed by atoms with E-state index in [2.05, 4.69) is 12.1 Å². The predicted octanol–water partition coefficient (Wildman–Crippen LogP) is 2.11. The number of aliphatic carboxylic acids is 1. The maximum absolute atomic E-state index is 12.7. The molecule has 1 amide bonds. The Labute approximate surface area is 124 Å². The predicted molar refractivity (Wildman–Crippen MR) is 78.9 cm³/mol. The van der Waals surface area contributed by atoms with Gasteiger partial charge in [-0.3, -0.25) is 9.59 Å². The molecule has 2 unspecified atom stereocenters. The lowest BCUT2D eigenvalue weighted by Crippen LogP contribution is -2.39. The summed E-state index contributed by atoms with van der Waals surface area (Å²) in [5.74, 6) is -0.655. The number of aryl methyl sites for hydroxylation is 1. The summed E-state index contributed by atoms with van der Waals surface area (Å²) in [4.78, 5) is 25.7. The fourth-order valence-corrected chi connectivity index (χ4v) is 3.49. The summed E-state index contributed by atoms with van der Waals surface area (Å²) in [6, 6.07) is 8.29. The first-order valence-corrected chi connectivity index (χ1v) is 7.58. The summed E-state index contributed by atoms with van der Waals surface area (Å²) in [5.41, 5.74) is 1.84. The normalized spacial score (nSPS) is 28.2. The Morgan fingerprint density at radius 3 is 2.67 bits per heavy atom. The molecule has 0 aromatic heterocycles. The Bertz CT molecular complexity index is 583. The number of fused-ring (bicyclic) bond motifs is 1. The van der Waals surface area contributed by atoms with Gasteiger partial charge in [0.05, 0.1) is 5.41 Å². The van der Waals surface area contributed by atoms with Crippen LogP contribution in [0.1, 0.15) is 30.9 Å². The zero-order chi connectivity index (χ0) is 15.0. The van der Waals surface area contributed by atoms with Crippen LogP contribution in [0.4, 0.5) is 0 Å². The lowest BCUT2D eigenvalue weighted by Gasteiger charge is -2.28. The third-order valence-electron chi connectivity index (χ3n) is 5.00. The molecule has 2 aliphatic rings. The maximum atomic E-state index is 12.7. The lowest BCUT2D eigenvalue weighted by molar-refractivity contribution is -0.147. The molecule has 21 heavy (non-hydrogen) atoms. The van der Waals surface area contributed by atoms with Gasteiger partial charge in [-0.15, -0.1) is 0 Å². The first-order valence-electron chi connectivity index (χ1n) is 7.58. The van der Waals surface area contributed by atoms with Crippen molar-refractivity contribution in [2.24, 2.45) is 11.3 Å². The summed E-state index contributed by atoms with van der Waals surface area (Å²) < 4.78 is 0. The fourth-order valence-electron chi connectivity index (χ4n) is 3.49. The van der Waals surface area contributed by atoms with Crippen LogP contribution in [0.15, 0.2) is 24.3 Å². The fraction of sp³-hybridized carbons (Fsp3) is 0.529. The van der Waals surface area contributed by atoms with Gasteiger partial charge < -0.3 is 10.0 Å². The number of carboxylic acid groups (broad SMARTS) is 1. The number of amides is 1. The van der Waals surface area contributed by atoms with E-state index >= 15 is 0 Å². The van der Waals surface area contributed by atoms with Gasteiger partial charge in [-0.25, -0.2) is 0 Å². The summed E-state index contributed by atoms with van der Waals surface area (Å²) in [5, 5.41) is 9.27. The number of benzene rings is 1. The number of likely N-dealkylation sites (tertiary alicyclic amines) is 1. The minimum atomic E-state index is -0.799. The van der Waals surface area contributed by atoms with Crippen molar-refractivity contribution in [2.75, 3.05) is 13.1 Å². The number of carbonyl (C=O) groups is 2. The zero-order valence-electron chi connectivity index (χ0n) is 12.3. The Kier molecular flexibility index (Phi) is 3.47. The highest BCUT2D eigenvalue weighted by Crippen LogP contribution is 2.33. The highest BCUT2D eigenvalue weighted by molar-refractivity contribution is 5.82. The molecule has 4 nitrogen and oxygen atoms in total. The molecule has 1 saturated heterocycles. The largest absolute Gasteiger partial charge is 0.481 e. The maximum Gasteiger partial charge on any atom is 0.311 e. The topological polar surface area (TPSA) is 57.6 Å². The molecule has 1 aliphatic carbocycles. The monoisotopic (exact) mass is 287 g/mol. The van der Waals surface area contributed by atoms with Crippen molar-refractivity contribution in [3.8, 4) is 0 Å². The third kappa shape index (κ3) is 2.55. The van der Waals surface area contributed by atoms with Crippen LogP contribution in [-0.2, 0) is 22.4 Å². The molecule has 0 radical (unpaired) electrons. The summed E-state index contributed by atoms with van der Waals surface area (Å²) in [6.45, 7) is 2.65. The average molecular weight is 287 g/mol. The van der Waals surface area contributed by atoms with Crippen LogP contribution in [-0.4, -0.2) is 35.0 Å². The minimum absolute atomic E-state index is 0.0102. The van der Waals surface area contributed by atoms with Gasteiger partial charge in [0.1, 0.15) is 0 Å². The van der Waals surface area contributed by atoms with Gasteiger partial charge in [-0.05, 0) is 43.7 Å². The van der Waals surface area contributed by atoms with E-state index < -0.39 is 11.4 Å². The molecule has 112 valence electrons. The van der Waals surface area contributed by atoms with E-state index in [1.807, 2.05) is 12.1 Å². The first-order chi connectivity index (χ1) is 9.99. The van der Waals surface area contributed by atoms with E-state index in [0.29, 0.717) is 19.5 Å². The number of hydrogen-bond acceptors (Lipinski definition) is 2. The van der Waals surface area contributed by atoms with Crippen molar-refractivity contribution in [1.82, 2.24) is 4.90 Å². The summed E-state index contributed by atoms with van der Waals surface area (Å²) in [6.07, 6.45) is 3.15. The molecule has 0 spiro atoms. The van der Waals surface area contributed by atoms with Crippen molar-refractivity contribution in [2.45, 2.75) is 32.6 Å². The molecule has 1 aromatic carbocycles. The Morgan fingerprint density at radius 1 is 1.29 bits per heavy atom. The Balaban J connectivity index is 1.69. The van der Waals surface area contributed by atoms with Crippen molar-refractivity contribution < 1.29 is 14.7 Å². The lowest BCUT2D eigenvalue weighted by atomic mass is 9.83. The van der Waals surface area contributed by atoms with Crippen LogP contribution in [0.5, 0.6) is 0 Å². The molecular weight excluding hydrogens is 266 g/mol. The number of carboxylic acids is 1. The standard InChI is InChI=1S/C17H21NO3/c1-17(16(20)21)8-9-18(11-17)15(19)14-7-6-12-4-2-3-5-13(12)10-14/h2-5,14H,6-11H2,1H3,(H,20,21). The Hall–Kier alpha value is -1.84. The second-order valence-electron chi connectivity index (χ2n) is 6.58. The van der Waals surface area contributed by atoms with Crippen LogP contribution < -0.4 is 0 Å². The van der Waals surface area contributed by atoms with E-state index in [1.54, 1.807) is 11.8 Å². The molecule has 0 bridgehead atoms. The summed E-state index contributed by atoms with van der Waals surface area (Å²) >= 11 is 0. The number of nitrogens with zero attached hydrogens (tertiary/aromatic N) is 1. The van der Waals surface area contributed by atoms with Gasteiger partial charge in [0, 0.05) is 19.0 Å². The van der Waals surface area contributed by atoms with Crippen molar-refractivity contribution in [3.63, 3.8) is 0 Å². The van der Waals surface area contributed by atoms with Crippen LogP contribution in [0.3, 0.4) is 0 Å². The van der Waals surface area contributed by atoms with E-state index in [0.717, 1.165) is 19.3 Å². The molecule has 1 aromatic rings. The second-order valence-corrected chi connectivity index (χ2v) is 6.58. The second kappa shape index (κ2) is 5.17. The van der Waals surface area contributed by atoms with Crippen LogP contribution >= 0.6 is 0 Å². The van der Waals surface area contributed by atoms with Crippen LogP contribution in [0, 0.1) is 11.3 Å². The summed E-state index contributed by atoms with van der Waals surface area (Å²) in [7, 11) is 0. The quantitative estimate of drug-likeness (QED) is 0.906. The van der Waals surface area contributed by atoms with E-state index in [4.69, 9.17) is 0 Å². The van der Waals surface area contributed by atoms with Gasteiger partial charge in [0.2, 0.25) is 5.91 Å². The van der Waals surface area contributed by atoms with E-state index in [-0.39, 0.29) is 11.8 Å². The van der Waals surface area contributed by atoms with Crippen LogP contribution in [0.2, 0.25) is 0 Å². The number of carbonyl (C=O) groups excluding carboxylic acids is 1. The van der Waals surface area contributed by atoms with Crippen molar-refractivity contribution in [3.05, 3.63) is 35.4 Å². The number of hydrogen-bond donors (Lipinski definition) is 1. The van der Waals surface area contributed by atoms with Gasteiger partial charge in [-0.1, -0.05) is 24.3 Å². The van der Waals surface area contributed by atoms with Crippen molar-refractivity contribution in [1.29, 1.82) is 0 Å². The Morgan fingerprint density at radius 2 is 2.00 bits per heavy atom. The molecule has 1 heterocycles. The molecule has 0 saturated carbocycles. The van der Waals surface area contributed by atoms with Gasteiger partial charge in [0.15, 0.2) is 0 Å². The number of rotatable bonds is 2. The van der Waals surface area contributed by atoms with Gasteiger partial charge in [-0.2, -0.15) is 0 Å². The zero-order valence-corrected chi connectivity index (χ0v) is 12.3. The highest BCUT2D eigenvalue weighted by atomic mass is 16.4. The minimum Gasteiger partial charge on any atom is -0.481 e. The molecule has 1 fully saturated rings. The smallest absolute Gasteiger partial charge is 0.311 e. The third-order valence-corrected chi connectivity index (χ3v) is 5.00. The van der Waals surface area contributed by atoms with Crippen LogP contribution in [0.25, 0.3) is 0 Å². The van der Waals surface area contributed by atoms with Gasteiger partial charge in [0.25, 0.3) is 0 Å². The molecule has 1 N–H and O–H groups in total. The molecule has 2 atom stereocenters. The molecule has 4 heteroatoms.